The second-order valence-electron chi connectivity index (χ2n) is 7.12. The van der Waals surface area contributed by atoms with Crippen LogP contribution in [-0.4, -0.2) is 26.4 Å². The number of nitrogens with zero attached hydrogens (tertiary/aromatic N) is 3. The quantitative estimate of drug-likeness (QED) is 0.371. The molecule has 0 radical (unpaired) electrons. The molecule has 0 aliphatic rings. The number of halogens is 1. The van der Waals surface area contributed by atoms with Crippen LogP contribution in [-0.2, 0) is 4.79 Å². The van der Waals surface area contributed by atoms with Gasteiger partial charge in [-0.05, 0) is 43.2 Å². The summed E-state index contributed by atoms with van der Waals surface area (Å²) in [6, 6.07) is 23.6. The Morgan fingerprint density at radius 3 is 2.35 bits per heavy atom. The molecule has 31 heavy (non-hydrogen) atoms. The van der Waals surface area contributed by atoms with E-state index in [1.807, 2.05) is 91.2 Å². The van der Waals surface area contributed by atoms with Crippen molar-refractivity contribution >= 4 is 35.0 Å². The van der Waals surface area contributed by atoms with Crippen molar-refractivity contribution in [3.05, 3.63) is 88.9 Å². The van der Waals surface area contributed by atoms with Crippen LogP contribution in [0.3, 0.4) is 0 Å². The van der Waals surface area contributed by atoms with E-state index in [4.69, 9.17) is 11.6 Å². The van der Waals surface area contributed by atoms with E-state index in [0.29, 0.717) is 15.9 Å². The molecular formula is C24H21ClN4OS. The van der Waals surface area contributed by atoms with Gasteiger partial charge in [-0.25, -0.2) is 0 Å². The van der Waals surface area contributed by atoms with Crippen LogP contribution in [0, 0.1) is 13.8 Å². The van der Waals surface area contributed by atoms with E-state index in [2.05, 4.69) is 15.5 Å². The van der Waals surface area contributed by atoms with Crippen LogP contribution in [0.25, 0.3) is 17.1 Å². The molecule has 156 valence electrons. The first-order valence-corrected chi connectivity index (χ1v) is 11.1. The Kier molecular flexibility index (Phi) is 6.39. The highest BCUT2D eigenvalue weighted by Gasteiger charge is 2.18. The zero-order valence-corrected chi connectivity index (χ0v) is 18.7. The number of anilines is 1. The van der Waals surface area contributed by atoms with E-state index in [1.165, 1.54) is 11.8 Å². The van der Waals surface area contributed by atoms with Gasteiger partial charge < -0.3 is 5.32 Å². The lowest BCUT2D eigenvalue weighted by Gasteiger charge is -2.12. The summed E-state index contributed by atoms with van der Waals surface area (Å²) in [5.41, 5.74) is 4.53. The molecule has 1 N–H and O–H groups in total. The fraction of sp³-hybridized carbons (Fsp3) is 0.125. The van der Waals surface area contributed by atoms with Crippen molar-refractivity contribution < 1.29 is 4.79 Å². The second kappa shape index (κ2) is 9.37. The van der Waals surface area contributed by atoms with Crippen LogP contribution in [0.15, 0.2) is 78.0 Å². The number of aryl methyl sites for hydroxylation is 2. The summed E-state index contributed by atoms with van der Waals surface area (Å²) in [6.07, 6.45) is 0. The number of para-hydroxylation sites is 1. The minimum atomic E-state index is -0.150. The van der Waals surface area contributed by atoms with Crippen molar-refractivity contribution in [3.8, 4) is 17.1 Å². The smallest absolute Gasteiger partial charge is 0.234 e. The Morgan fingerprint density at radius 2 is 1.68 bits per heavy atom. The summed E-state index contributed by atoms with van der Waals surface area (Å²) >= 11 is 7.66. The van der Waals surface area contributed by atoms with Crippen molar-refractivity contribution in [2.24, 2.45) is 0 Å². The molecule has 0 aliphatic carbocycles. The zero-order valence-electron chi connectivity index (χ0n) is 17.2. The third-order valence-electron chi connectivity index (χ3n) is 4.71. The average Bonchev–Trinajstić information content (AvgIpc) is 3.20. The third-order valence-corrected chi connectivity index (χ3v) is 5.94. The molecule has 4 aromatic rings. The van der Waals surface area contributed by atoms with Gasteiger partial charge in [0.15, 0.2) is 11.0 Å². The standard InChI is InChI=1S/C24H21ClN4OS/c1-16-13-17(2)22(20(25)14-16)26-21(30)15-31-24-28-27-23(18-9-5-3-6-10-18)29(24)19-11-7-4-8-12-19/h3-14H,15H2,1-2H3,(H,26,30). The van der Waals surface area contributed by atoms with E-state index in [9.17, 15) is 4.79 Å². The highest BCUT2D eigenvalue weighted by molar-refractivity contribution is 7.99. The highest BCUT2D eigenvalue weighted by atomic mass is 35.5. The maximum Gasteiger partial charge on any atom is 0.234 e. The Balaban J connectivity index is 1.58. The molecule has 0 bridgehead atoms. The topological polar surface area (TPSA) is 59.8 Å². The van der Waals surface area contributed by atoms with Crippen molar-refractivity contribution in [1.29, 1.82) is 0 Å². The maximum atomic E-state index is 12.7. The summed E-state index contributed by atoms with van der Waals surface area (Å²) in [7, 11) is 0. The minimum absolute atomic E-state index is 0.150. The van der Waals surface area contributed by atoms with Crippen LogP contribution in [0.2, 0.25) is 5.02 Å². The third kappa shape index (κ3) is 4.81. The molecular weight excluding hydrogens is 428 g/mol. The highest BCUT2D eigenvalue weighted by Crippen LogP contribution is 2.30. The summed E-state index contributed by atoms with van der Waals surface area (Å²) in [6.45, 7) is 3.90. The summed E-state index contributed by atoms with van der Waals surface area (Å²) in [4.78, 5) is 12.7. The molecule has 0 saturated carbocycles. The maximum absolute atomic E-state index is 12.7. The van der Waals surface area contributed by atoms with Crippen molar-refractivity contribution in [3.63, 3.8) is 0 Å². The first kappa shape index (κ1) is 21.2. The fourth-order valence-corrected chi connectivity index (χ4v) is 4.45. The van der Waals surface area contributed by atoms with Gasteiger partial charge in [-0.1, -0.05) is 78.0 Å². The van der Waals surface area contributed by atoms with E-state index in [1.54, 1.807) is 0 Å². The Hall–Kier alpha value is -3.09. The summed E-state index contributed by atoms with van der Waals surface area (Å²) in [5, 5.41) is 12.9. The summed E-state index contributed by atoms with van der Waals surface area (Å²) in [5.74, 6) is 0.763. The number of carbonyl (C=O) groups is 1. The molecule has 1 heterocycles. The SMILES string of the molecule is Cc1cc(C)c(NC(=O)CSc2nnc(-c3ccccc3)n2-c2ccccc2)c(Cl)c1. The zero-order chi connectivity index (χ0) is 21.8. The molecule has 0 saturated heterocycles. The van der Waals surface area contributed by atoms with E-state index in [-0.39, 0.29) is 11.7 Å². The van der Waals surface area contributed by atoms with Gasteiger partial charge >= 0.3 is 0 Å². The summed E-state index contributed by atoms with van der Waals surface area (Å²) < 4.78 is 1.97. The molecule has 0 atom stereocenters. The Bertz CT molecular complexity index is 1190. The number of hydrogen-bond acceptors (Lipinski definition) is 4. The number of nitrogens with one attached hydrogen (secondary N) is 1. The van der Waals surface area contributed by atoms with Crippen LogP contribution in [0.1, 0.15) is 11.1 Å². The predicted molar refractivity (Wildman–Crippen MR) is 127 cm³/mol. The monoisotopic (exact) mass is 448 g/mol. The van der Waals surface area contributed by atoms with Crippen molar-refractivity contribution in [1.82, 2.24) is 14.8 Å². The molecule has 0 aliphatic heterocycles. The number of hydrogen-bond donors (Lipinski definition) is 1. The minimum Gasteiger partial charge on any atom is -0.324 e. The Morgan fingerprint density at radius 1 is 1.00 bits per heavy atom. The lowest BCUT2D eigenvalue weighted by Crippen LogP contribution is -2.16. The van der Waals surface area contributed by atoms with Gasteiger partial charge in [0.2, 0.25) is 5.91 Å². The van der Waals surface area contributed by atoms with Gasteiger partial charge in [-0.15, -0.1) is 10.2 Å². The van der Waals surface area contributed by atoms with Gasteiger partial charge in [0.25, 0.3) is 0 Å². The van der Waals surface area contributed by atoms with E-state index in [0.717, 1.165) is 28.2 Å². The van der Waals surface area contributed by atoms with Crippen LogP contribution in [0.5, 0.6) is 0 Å². The van der Waals surface area contributed by atoms with Gasteiger partial charge in [0.05, 0.1) is 16.5 Å². The van der Waals surface area contributed by atoms with Crippen LogP contribution < -0.4 is 5.32 Å². The van der Waals surface area contributed by atoms with Crippen LogP contribution >= 0.6 is 23.4 Å². The number of benzene rings is 3. The number of amides is 1. The average molecular weight is 449 g/mol. The molecule has 5 nitrogen and oxygen atoms in total. The van der Waals surface area contributed by atoms with Gasteiger partial charge in [-0.2, -0.15) is 0 Å². The molecule has 3 aromatic carbocycles. The van der Waals surface area contributed by atoms with Gasteiger partial charge in [0, 0.05) is 11.3 Å². The number of aromatic nitrogens is 3. The molecule has 1 aromatic heterocycles. The lowest BCUT2D eigenvalue weighted by molar-refractivity contribution is -0.113. The van der Waals surface area contributed by atoms with Gasteiger partial charge in [-0.3, -0.25) is 9.36 Å². The van der Waals surface area contributed by atoms with E-state index < -0.39 is 0 Å². The second-order valence-corrected chi connectivity index (χ2v) is 8.47. The lowest BCUT2D eigenvalue weighted by atomic mass is 10.1. The van der Waals surface area contributed by atoms with E-state index >= 15 is 0 Å². The largest absolute Gasteiger partial charge is 0.324 e. The molecule has 4 rings (SSSR count). The fourth-order valence-electron chi connectivity index (χ4n) is 3.33. The van der Waals surface area contributed by atoms with Crippen molar-refractivity contribution in [2.75, 3.05) is 11.1 Å². The first-order chi connectivity index (χ1) is 15.0. The Labute approximate surface area is 190 Å². The number of carbonyl (C=O) groups excluding carboxylic acids is 1. The molecule has 0 spiro atoms. The normalized spacial score (nSPS) is 10.8. The predicted octanol–water partition coefficient (Wildman–Crippen LogP) is 5.94. The van der Waals surface area contributed by atoms with Gasteiger partial charge in [0.1, 0.15) is 0 Å². The molecule has 7 heteroatoms. The first-order valence-electron chi connectivity index (χ1n) is 9.78. The molecule has 1 amide bonds. The number of rotatable bonds is 6. The van der Waals surface area contributed by atoms with Crippen LogP contribution in [0.4, 0.5) is 5.69 Å². The van der Waals surface area contributed by atoms with Crippen molar-refractivity contribution in [2.45, 2.75) is 19.0 Å². The molecule has 0 unspecified atom stereocenters. The molecule has 0 fully saturated rings. The number of thioether (sulfide) groups is 1.